The summed E-state index contributed by atoms with van der Waals surface area (Å²) in [7, 11) is -8.12. The Hall–Kier alpha value is -1.63. The zero-order chi connectivity index (χ0) is 25.6. The van der Waals surface area contributed by atoms with Gasteiger partial charge in [-0.15, -0.1) is 0 Å². The Kier molecular flexibility index (Phi) is 12.5. The van der Waals surface area contributed by atoms with Gasteiger partial charge in [-0.25, -0.2) is 0 Å². The van der Waals surface area contributed by atoms with Crippen molar-refractivity contribution in [2.75, 3.05) is 33.0 Å². The van der Waals surface area contributed by atoms with Crippen LogP contribution in [0.2, 0.25) is 6.55 Å². The van der Waals surface area contributed by atoms with Gasteiger partial charge in [-0.2, -0.15) is 0 Å². The van der Waals surface area contributed by atoms with Gasteiger partial charge in [0.2, 0.25) is 0 Å². The van der Waals surface area contributed by atoms with Crippen LogP contribution < -0.4 is 10.4 Å². The molecule has 2 aromatic carbocycles. The second-order valence-electron chi connectivity index (χ2n) is 8.05. The van der Waals surface area contributed by atoms with Crippen molar-refractivity contribution < 1.29 is 22.1 Å². The first kappa shape index (κ1) is 29.6. The van der Waals surface area contributed by atoms with Crippen LogP contribution in [0.5, 0.6) is 0 Å². The predicted molar refractivity (Wildman–Crippen MR) is 152 cm³/mol. The van der Waals surface area contributed by atoms with E-state index in [4.69, 9.17) is 22.1 Å². The Bertz CT molecular complexity index is 843. The first-order valence-corrected chi connectivity index (χ1v) is 19.0. The SMILES string of the molecule is CCO[Si](C)(C=C[Si](C=C[Si](OCC)(OCC)OCC)(c1ccccc1)c1ccccc1)OCC. The third-order valence-electron chi connectivity index (χ3n) is 5.60. The van der Waals surface area contributed by atoms with Crippen molar-refractivity contribution in [3.63, 3.8) is 0 Å². The topological polar surface area (TPSA) is 46.2 Å². The minimum atomic E-state index is -3.01. The molecular weight excluding hydrogens is 489 g/mol. The lowest BCUT2D eigenvalue weighted by Crippen LogP contribution is -2.57. The van der Waals surface area contributed by atoms with Crippen LogP contribution in [0.3, 0.4) is 0 Å². The summed E-state index contributed by atoms with van der Waals surface area (Å²) < 4.78 is 30.8. The fourth-order valence-corrected chi connectivity index (χ4v) is 14.1. The lowest BCUT2D eigenvalue weighted by Gasteiger charge is -2.31. The Labute approximate surface area is 215 Å². The highest BCUT2D eigenvalue weighted by molar-refractivity contribution is 7.10. The second kappa shape index (κ2) is 14.8. The van der Waals surface area contributed by atoms with Crippen LogP contribution in [0.4, 0.5) is 0 Å². The van der Waals surface area contributed by atoms with Crippen LogP contribution >= 0.6 is 0 Å². The van der Waals surface area contributed by atoms with Crippen molar-refractivity contribution in [1.82, 2.24) is 0 Å². The molecule has 0 aliphatic heterocycles. The standard InChI is InChI=1S/C27H42O5Si3/c1-7-28-33(6,29-8-2)22-23-34(26-18-14-12-15-19-26,27-20-16-13-17-21-27)24-25-35(30-9-3,31-10-4)32-11-5/h12-25H,7-11H2,1-6H3. The summed E-state index contributed by atoms with van der Waals surface area (Å²) in [4.78, 5) is 0. The number of hydrogen-bond donors (Lipinski definition) is 0. The van der Waals surface area contributed by atoms with Gasteiger partial charge in [0.15, 0.2) is 8.07 Å². The molecule has 0 saturated heterocycles. The zero-order valence-corrected chi connectivity index (χ0v) is 25.2. The largest absolute Gasteiger partial charge is 0.528 e. The van der Waals surface area contributed by atoms with Crippen LogP contribution in [-0.2, 0) is 22.1 Å². The molecule has 35 heavy (non-hydrogen) atoms. The van der Waals surface area contributed by atoms with E-state index in [-0.39, 0.29) is 0 Å². The third-order valence-corrected chi connectivity index (χ3v) is 15.4. The van der Waals surface area contributed by atoms with Crippen LogP contribution in [0.1, 0.15) is 34.6 Å². The molecule has 0 amide bonds. The van der Waals surface area contributed by atoms with Crippen molar-refractivity contribution in [2.24, 2.45) is 0 Å². The van der Waals surface area contributed by atoms with Crippen molar-refractivity contribution in [2.45, 2.75) is 41.2 Å². The summed E-state index contributed by atoms with van der Waals surface area (Å²) in [5.41, 5.74) is 8.98. The fourth-order valence-electron chi connectivity index (χ4n) is 4.14. The molecule has 2 aromatic rings. The molecule has 0 saturated carbocycles. The average molecular weight is 531 g/mol. The molecule has 0 aliphatic rings. The van der Waals surface area contributed by atoms with Crippen molar-refractivity contribution >= 4 is 35.8 Å². The van der Waals surface area contributed by atoms with Crippen LogP contribution in [-0.4, -0.2) is 58.5 Å². The Morgan fingerprint density at radius 2 is 0.886 bits per heavy atom. The predicted octanol–water partition coefficient (Wildman–Crippen LogP) is 4.71. The lowest BCUT2D eigenvalue weighted by atomic mass is 10.4. The molecule has 0 atom stereocenters. The normalized spacial score (nSPS) is 13.2. The molecular formula is C27H42O5Si3. The first-order valence-electron chi connectivity index (χ1n) is 12.6. The quantitative estimate of drug-likeness (QED) is 0.294. The molecule has 5 nitrogen and oxygen atoms in total. The summed E-state index contributed by atoms with van der Waals surface area (Å²) in [5.74, 6) is 0. The lowest BCUT2D eigenvalue weighted by molar-refractivity contribution is 0.0843. The monoisotopic (exact) mass is 530 g/mol. The molecule has 0 heterocycles. The minimum absolute atomic E-state index is 0.525. The molecule has 2 rings (SSSR count). The van der Waals surface area contributed by atoms with E-state index >= 15 is 0 Å². The molecule has 192 valence electrons. The van der Waals surface area contributed by atoms with Crippen LogP contribution in [0, 0.1) is 0 Å². The van der Waals surface area contributed by atoms with Gasteiger partial charge in [-0.1, -0.05) is 72.1 Å². The highest BCUT2D eigenvalue weighted by Crippen LogP contribution is 2.19. The highest BCUT2D eigenvalue weighted by atomic mass is 28.4. The number of benzene rings is 2. The molecule has 0 aromatic heterocycles. The minimum Gasteiger partial charge on any atom is -0.392 e. The average Bonchev–Trinajstić information content (AvgIpc) is 2.86. The molecule has 8 heteroatoms. The maximum absolute atomic E-state index is 6.17. The summed E-state index contributed by atoms with van der Waals surface area (Å²) >= 11 is 0. The second-order valence-corrected chi connectivity index (χ2v) is 17.0. The molecule has 0 fully saturated rings. The molecule has 0 aliphatic carbocycles. The molecule has 0 spiro atoms. The third kappa shape index (κ3) is 8.19. The zero-order valence-electron chi connectivity index (χ0n) is 22.2. The van der Waals surface area contributed by atoms with Gasteiger partial charge in [0.25, 0.3) is 0 Å². The summed E-state index contributed by atoms with van der Waals surface area (Å²) in [6.45, 7) is 14.9. The summed E-state index contributed by atoms with van der Waals surface area (Å²) in [5, 5.41) is 2.52. The van der Waals surface area contributed by atoms with E-state index in [2.05, 4.69) is 90.0 Å². The van der Waals surface area contributed by atoms with E-state index in [9.17, 15) is 0 Å². The van der Waals surface area contributed by atoms with E-state index in [0.717, 1.165) is 0 Å². The maximum Gasteiger partial charge on any atom is 0.528 e. The highest BCUT2D eigenvalue weighted by Gasteiger charge is 2.41. The Balaban J connectivity index is 2.79. The van der Waals surface area contributed by atoms with Gasteiger partial charge in [0.1, 0.15) is 0 Å². The molecule has 0 radical (unpaired) electrons. The first-order chi connectivity index (χ1) is 16.9. The molecule has 0 N–H and O–H groups in total. The molecule has 0 bridgehead atoms. The van der Waals surface area contributed by atoms with Crippen molar-refractivity contribution in [1.29, 1.82) is 0 Å². The number of rotatable bonds is 16. The van der Waals surface area contributed by atoms with E-state index < -0.39 is 25.4 Å². The van der Waals surface area contributed by atoms with E-state index in [1.165, 1.54) is 10.4 Å². The van der Waals surface area contributed by atoms with Crippen LogP contribution in [0.15, 0.2) is 83.5 Å². The number of hydrogen-bond acceptors (Lipinski definition) is 5. The Morgan fingerprint density at radius 1 is 0.514 bits per heavy atom. The van der Waals surface area contributed by atoms with Gasteiger partial charge in [-0.05, 0) is 62.9 Å². The van der Waals surface area contributed by atoms with Crippen molar-refractivity contribution in [3.8, 4) is 0 Å². The van der Waals surface area contributed by atoms with Gasteiger partial charge in [0.05, 0.1) is 0 Å². The van der Waals surface area contributed by atoms with Gasteiger partial charge >= 0.3 is 17.4 Å². The van der Waals surface area contributed by atoms with E-state index in [1.807, 2.05) is 34.6 Å². The van der Waals surface area contributed by atoms with Crippen LogP contribution in [0.25, 0.3) is 0 Å². The smallest absolute Gasteiger partial charge is 0.392 e. The molecule has 0 unspecified atom stereocenters. The maximum atomic E-state index is 6.17. The van der Waals surface area contributed by atoms with E-state index in [0.29, 0.717) is 33.0 Å². The van der Waals surface area contributed by atoms with Gasteiger partial charge in [0, 0.05) is 33.0 Å². The summed E-state index contributed by atoms with van der Waals surface area (Å²) in [6.07, 6.45) is 0. The summed E-state index contributed by atoms with van der Waals surface area (Å²) in [6, 6.07) is 21.3. The van der Waals surface area contributed by atoms with Gasteiger partial charge < -0.3 is 22.1 Å². The van der Waals surface area contributed by atoms with E-state index in [1.54, 1.807) is 0 Å². The Morgan fingerprint density at radius 3 is 1.26 bits per heavy atom. The fraction of sp³-hybridized carbons (Fsp3) is 0.407. The van der Waals surface area contributed by atoms with Gasteiger partial charge in [-0.3, -0.25) is 0 Å². The van der Waals surface area contributed by atoms with Crippen molar-refractivity contribution in [3.05, 3.63) is 83.5 Å².